The minimum atomic E-state index is -5.03. The van der Waals surface area contributed by atoms with Gasteiger partial charge in [-0.05, 0) is 30.2 Å². The van der Waals surface area contributed by atoms with Gasteiger partial charge in [-0.1, -0.05) is 11.8 Å². The fourth-order valence-electron chi connectivity index (χ4n) is 1.81. The molecule has 1 aromatic carbocycles. The Kier molecular flexibility index (Phi) is 7.06. The number of alkyl halides is 3. The number of halogens is 3. The summed E-state index contributed by atoms with van der Waals surface area (Å²) in [6, 6.07) is 2.40. The molecule has 10 heteroatoms. The number of hydrogen-bond acceptors (Lipinski definition) is 6. The molecule has 0 heterocycles. The predicted octanol–water partition coefficient (Wildman–Crippen LogP) is 2.35. The number of hydrogen-bond donors (Lipinski definition) is 3. The molecule has 0 fully saturated rings. The SMILES string of the molecule is CC(=O)SCCC(O)C(O)c1cc(OC(F)(F)F)cc(C(=O)O)c1. The lowest BCUT2D eigenvalue weighted by atomic mass is 10.00. The second-order valence-corrected chi connectivity index (χ2v) is 6.06. The second kappa shape index (κ2) is 8.36. The molecule has 0 aliphatic rings. The maximum absolute atomic E-state index is 12.3. The molecular weight excluding hydrogens is 353 g/mol. The van der Waals surface area contributed by atoms with Crippen molar-refractivity contribution in [1.29, 1.82) is 0 Å². The zero-order valence-corrected chi connectivity index (χ0v) is 13.2. The van der Waals surface area contributed by atoms with E-state index in [-0.39, 0.29) is 22.9 Å². The molecular formula is C14H15F3O6S. The van der Waals surface area contributed by atoms with E-state index in [1.165, 1.54) is 6.92 Å². The maximum atomic E-state index is 12.3. The van der Waals surface area contributed by atoms with Gasteiger partial charge in [0.1, 0.15) is 11.9 Å². The fraction of sp³-hybridized carbons (Fsp3) is 0.429. The number of carboxylic acid groups (broad SMARTS) is 1. The van der Waals surface area contributed by atoms with Crippen molar-refractivity contribution >= 4 is 22.8 Å². The topological polar surface area (TPSA) is 104 Å². The van der Waals surface area contributed by atoms with Gasteiger partial charge in [0.15, 0.2) is 5.12 Å². The van der Waals surface area contributed by atoms with Crippen LogP contribution in [-0.4, -0.2) is 44.6 Å². The van der Waals surface area contributed by atoms with Gasteiger partial charge in [-0.2, -0.15) is 0 Å². The van der Waals surface area contributed by atoms with E-state index >= 15 is 0 Å². The Labute approximate surface area is 139 Å². The lowest BCUT2D eigenvalue weighted by Crippen LogP contribution is -2.21. The van der Waals surface area contributed by atoms with Crippen molar-refractivity contribution in [3.63, 3.8) is 0 Å². The minimum Gasteiger partial charge on any atom is -0.478 e. The molecule has 2 atom stereocenters. The highest BCUT2D eigenvalue weighted by Gasteiger charge is 2.32. The van der Waals surface area contributed by atoms with E-state index in [9.17, 15) is 33.0 Å². The number of aliphatic hydroxyl groups excluding tert-OH is 2. The molecule has 0 bridgehead atoms. The number of carboxylic acids is 1. The molecule has 0 aliphatic heterocycles. The Bertz CT molecular complexity index is 605. The summed E-state index contributed by atoms with van der Waals surface area (Å²) in [7, 11) is 0. The number of rotatable bonds is 7. The second-order valence-electron chi connectivity index (χ2n) is 4.78. The molecule has 1 aromatic rings. The van der Waals surface area contributed by atoms with E-state index < -0.39 is 35.9 Å². The zero-order valence-electron chi connectivity index (χ0n) is 12.4. The van der Waals surface area contributed by atoms with Gasteiger partial charge in [0.05, 0.1) is 11.7 Å². The van der Waals surface area contributed by atoms with Crippen molar-refractivity contribution in [2.45, 2.75) is 31.9 Å². The van der Waals surface area contributed by atoms with Crippen molar-refractivity contribution in [2.24, 2.45) is 0 Å². The monoisotopic (exact) mass is 368 g/mol. The molecule has 0 aromatic heterocycles. The molecule has 2 unspecified atom stereocenters. The van der Waals surface area contributed by atoms with Gasteiger partial charge in [-0.15, -0.1) is 13.2 Å². The summed E-state index contributed by atoms with van der Waals surface area (Å²) in [6.45, 7) is 1.32. The number of benzene rings is 1. The molecule has 0 saturated heterocycles. The Morgan fingerprint density at radius 3 is 2.38 bits per heavy atom. The molecule has 3 N–H and O–H groups in total. The van der Waals surface area contributed by atoms with E-state index in [4.69, 9.17) is 5.11 Å². The highest BCUT2D eigenvalue weighted by molar-refractivity contribution is 8.13. The standard InChI is InChI=1S/C14H15F3O6S/c1-7(18)24-3-2-11(19)12(20)8-4-9(13(21)22)6-10(5-8)23-14(15,16)17/h4-6,11-12,19-20H,2-3H2,1H3,(H,21,22). The van der Waals surface area contributed by atoms with E-state index in [0.717, 1.165) is 23.9 Å². The molecule has 0 saturated carbocycles. The first-order valence-electron chi connectivity index (χ1n) is 6.63. The van der Waals surface area contributed by atoms with Crippen LogP contribution < -0.4 is 4.74 Å². The van der Waals surface area contributed by atoms with Crippen molar-refractivity contribution in [2.75, 3.05) is 5.75 Å². The number of thioether (sulfide) groups is 1. The highest BCUT2D eigenvalue weighted by atomic mass is 32.2. The van der Waals surface area contributed by atoms with Crippen LogP contribution in [0.4, 0.5) is 13.2 Å². The van der Waals surface area contributed by atoms with Crippen molar-refractivity contribution in [1.82, 2.24) is 0 Å². The third-order valence-electron chi connectivity index (χ3n) is 2.83. The van der Waals surface area contributed by atoms with Gasteiger partial charge < -0.3 is 20.1 Å². The lowest BCUT2D eigenvalue weighted by molar-refractivity contribution is -0.274. The third-order valence-corrected chi connectivity index (χ3v) is 3.68. The van der Waals surface area contributed by atoms with Crippen LogP contribution in [0.5, 0.6) is 5.75 Å². The number of carbonyl (C=O) groups excluding carboxylic acids is 1. The summed E-state index contributed by atoms with van der Waals surface area (Å²) in [5.41, 5.74) is -0.773. The quantitative estimate of drug-likeness (QED) is 0.679. The van der Waals surface area contributed by atoms with E-state index in [1.54, 1.807) is 0 Å². The first-order chi connectivity index (χ1) is 11.0. The van der Waals surface area contributed by atoms with Crippen LogP contribution in [0.2, 0.25) is 0 Å². The average molecular weight is 368 g/mol. The first kappa shape index (κ1) is 20.3. The molecule has 0 radical (unpaired) electrons. The summed E-state index contributed by atoms with van der Waals surface area (Å²) in [6.07, 6.45) is -8.07. The summed E-state index contributed by atoms with van der Waals surface area (Å²) < 4.78 is 40.5. The molecule has 0 spiro atoms. The summed E-state index contributed by atoms with van der Waals surface area (Å²) in [4.78, 5) is 21.8. The number of ether oxygens (including phenoxy) is 1. The Morgan fingerprint density at radius 1 is 1.25 bits per heavy atom. The molecule has 0 amide bonds. The smallest absolute Gasteiger partial charge is 0.478 e. The van der Waals surface area contributed by atoms with Gasteiger partial charge in [0.25, 0.3) is 0 Å². The van der Waals surface area contributed by atoms with Crippen LogP contribution in [-0.2, 0) is 4.79 Å². The van der Waals surface area contributed by atoms with Crippen LogP contribution in [0.15, 0.2) is 18.2 Å². The Balaban J connectivity index is 2.99. The fourth-order valence-corrected chi connectivity index (χ4v) is 2.46. The summed E-state index contributed by atoms with van der Waals surface area (Å²) in [5.74, 6) is -2.14. The van der Waals surface area contributed by atoms with Gasteiger partial charge in [0.2, 0.25) is 0 Å². The predicted molar refractivity (Wildman–Crippen MR) is 78.8 cm³/mol. The van der Waals surface area contributed by atoms with E-state index in [2.05, 4.69) is 4.74 Å². The van der Waals surface area contributed by atoms with Crippen LogP contribution in [0.25, 0.3) is 0 Å². The van der Waals surface area contributed by atoms with Crippen LogP contribution >= 0.6 is 11.8 Å². The zero-order chi connectivity index (χ0) is 18.5. The maximum Gasteiger partial charge on any atom is 0.573 e. The van der Waals surface area contributed by atoms with Gasteiger partial charge >= 0.3 is 12.3 Å². The Hall–Kier alpha value is -1.78. The van der Waals surface area contributed by atoms with E-state index in [0.29, 0.717) is 6.07 Å². The van der Waals surface area contributed by atoms with Crippen LogP contribution in [0.3, 0.4) is 0 Å². The molecule has 1 rings (SSSR count). The normalized spacial score (nSPS) is 14.1. The largest absolute Gasteiger partial charge is 0.573 e. The Morgan fingerprint density at radius 2 is 1.88 bits per heavy atom. The van der Waals surface area contributed by atoms with E-state index in [1.807, 2.05) is 0 Å². The highest BCUT2D eigenvalue weighted by Crippen LogP contribution is 2.29. The average Bonchev–Trinajstić information content (AvgIpc) is 2.43. The first-order valence-corrected chi connectivity index (χ1v) is 7.61. The third kappa shape index (κ3) is 6.77. The van der Waals surface area contributed by atoms with Gasteiger partial charge in [-0.25, -0.2) is 4.79 Å². The molecule has 6 nitrogen and oxygen atoms in total. The van der Waals surface area contributed by atoms with Crippen molar-refractivity contribution < 1.29 is 42.8 Å². The summed E-state index contributed by atoms with van der Waals surface area (Å²) in [5, 5.41) is 28.6. The molecule has 24 heavy (non-hydrogen) atoms. The van der Waals surface area contributed by atoms with Crippen LogP contribution in [0.1, 0.15) is 35.4 Å². The van der Waals surface area contributed by atoms with Gasteiger partial charge in [-0.3, -0.25) is 4.79 Å². The van der Waals surface area contributed by atoms with Crippen molar-refractivity contribution in [3.8, 4) is 5.75 Å². The van der Waals surface area contributed by atoms with Gasteiger partial charge in [0, 0.05) is 12.7 Å². The molecule has 0 aliphatic carbocycles. The summed E-state index contributed by atoms with van der Waals surface area (Å²) >= 11 is 0.914. The number of aliphatic hydroxyl groups is 2. The number of aromatic carboxylic acids is 1. The lowest BCUT2D eigenvalue weighted by Gasteiger charge is -2.19. The number of carbonyl (C=O) groups is 2. The van der Waals surface area contributed by atoms with Crippen molar-refractivity contribution in [3.05, 3.63) is 29.3 Å². The van der Waals surface area contributed by atoms with Crippen LogP contribution in [0, 0.1) is 0 Å². The minimum absolute atomic E-state index is 0.0157. The molecule has 134 valence electrons.